The second kappa shape index (κ2) is 6.54. The standard InChI is InChI=1S/C16H21N5OS/c1-11-4-6-14(7-5-11)20-8-9-21(12(2)10-20)16(22)18-15-17-13(3)19-23-15/h4-7,12H,8-10H2,1-3H3,(H,17,18,19,22)/t12-/m0/s1. The molecule has 1 aromatic heterocycles. The van der Waals surface area contributed by atoms with E-state index in [0.29, 0.717) is 17.5 Å². The molecule has 0 saturated carbocycles. The van der Waals surface area contributed by atoms with Crippen LogP contribution in [0, 0.1) is 13.8 Å². The summed E-state index contributed by atoms with van der Waals surface area (Å²) in [7, 11) is 0. The van der Waals surface area contributed by atoms with E-state index in [-0.39, 0.29) is 12.1 Å². The number of nitrogens with one attached hydrogen (secondary N) is 1. The SMILES string of the molecule is Cc1ccc(N2CCN(C(=O)Nc3nc(C)ns3)[C@@H](C)C2)cc1. The summed E-state index contributed by atoms with van der Waals surface area (Å²) in [6.45, 7) is 8.32. The van der Waals surface area contributed by atoms with Crippen LogP contribution in [0.2, 0.25) is 0 Å². The minimum Gasteiger partial charge on any atom is -0.368 e. The van der Waals surface area contributed by atoms with Gasteiger partial charge in [0, 0.05) is 42.9 Å². The average Bonchev–Trinajstić information content (AvgIpc) is 2.92. The number of carbonyl (C=O) groups excluding carboxylic acids is 1. The second-order valence-electron chi connectivity index (χ2n) is 5.90. The first-order chi connectivity index (χ1) is 11.0. The van der Waals surface area contributed by atoms with Crippen LogP contribution < -0.4 is 10.2 Å². The van der Waals surface area contributed by atoms with Crippen LogP contribution in [0.4, 0.5) is 15.6 Å². The van der Waals surface area contributed by atoms with Gasteiger partial charge in [-0.2, -0.15) is 4.37 Å². The maximum absolute atomic E-state index is 12.4. The minimum absolute atomic E-state index is 0.0998. The Morgan fingerprint density at radius 3 is 2.61 bits per heavy atom. The van der Waals surface area contributed by atoms with Crippen LogP contribution in [0.5, 0.6) is 0 Å². The third-order valence-corrected chi connectivity index (χ3v) is 4.75. The summed E-state index contributed by atoms with van der Waals surface area (Å²) in [4.78, 5) is 20.8. The number of aryl methyl sites for hydroxylation is 2. The topological polar surface area (TPSA) is 61.4 Å². The molecule has 1 aliphatic heterocycles. The monoisotopic (exact) mass is 331 g/mol. The molecule has 1 saturated heterocycles. The van der Waals surface area contributed by atoms with Gasteiger partial charge in [-0.05, 0) is 32.9 Å². The third kappa shape index (κ3) is 3.61. The van der Waals surface area contributed by atoms with Crippen LogP contribution in [0.1, 0.15) is 18.3 Å². The third-order valence-electron chi connectivity index (χ3n) is 4.03. The Hall–Kier alpha value is -2.15. The molecule has 1 atom stereocenters. The summed E-state index contributed by atoms with van der Waals surface area (Å²) in [5.41, 5.74) is 2.47. The van der Waals surface area contributed by atoms with Crippen molar-refractivity contribution in [3.63, 3.8) is 0 Å². The van der Waals surface area contributed by atoms with E-state index in [4.69, 9.17) is 0 Å². The number of urea groups is 1. The summed E-state index contributed by atoms with van der Waals surface area (Å²) in [6.07, 6.45) is 0. The molecule has 3 rings (SSSR count). The number of piperazine rings is 1. The normalized spacial score (nSPS) is 18.1. The summed E-state index contributed by atoms with van der Waals surface area (Å²) in [5.74, 6) is 0.683. The lowest BCUT2D eigenvalue weighted by Gasteiger charge is -2.40. The lowest BCUT2D eigenvalue weighted by atomic mass is 10.1. The lowest BCUT2D eigenvalue weighted by Crippen LogP contribution is -2.55. The summed E-state index contributed by atoms with van der Waals surface area (Å²) >= 11 is 1.21. The van der Waals surface area contributed by atoms with E-state index in [9.17, 15) is 4.79 Å². The Bertz CT molecular complexity index is 684. The van der Waals surface area contributed by atoms with Crippen molar-refractivity contribution in [2.75, 3.05) is 29.9 Å². The van der Waals surface area contributed by atoms with Crippen LogP contribution in [0.3, 0.4) is 0 Å². The Kier molecular flexibility index (Phi) is 4.47. The number of anilines is 2. The summed E-state index contributed by atoms with van der Waals surface area (Å²) in [6, 6.07) is 8.56. The smallest absolute Gasteiger partial charge is 0.324 e. The van der Waals surface area contributed by atoms with E-state index in [0.717, 1.165) is 13.1 Å². The molecule has 1 fully saturated rings. The lowest BCUT2D eigenvalue weighted by molar-refractivity contribution is 0.185. The Morgan fingerprint density at radius 1 is 1.26 bits per heavy atom. The van der Waals surface area contributed by atoms with E-state index in [1.54, 1.807) is 0 Å². The largest absolute Gasteiger partial charge is 0.368 e. The van der Waals surface area contributed by atoms with Gasteiger partial charge >= 0.3 is 6.03 Å². The highest BCUT2D eigenvalue weighted by Crippen LogP contribution is 2.20. The van der Waals surface area contributed by atoms with E-state index in [1.165, 1.54) is 22.8 Å². The minimum atomic E-state index is -0.0998. The van der Waals surface area contributed by atoms with Crippen molar-refractivity contribution < 1.29 is 4.79 Å². The first-order valence-corrected chi connectivity index (χ1v) is 8.50. The molecule has 0 radical (unpaired) electrons. The number of nitrogens with zero attached hydrogens (tertiary/aromatic N) is 4. The van der Waals surface area contributed by atoms with Crippen molar-refractivity contribution in [3.05, 3.63) is 35.7 Å². The van der Waals surface area contributed by atoms with E-state index < -0.39 is 0 Å². The molecule has 0 spiro atoms. The van der Waals surface area contributed by atoms with Gasteiger partial charge in [-0.25, -0.2) is 9.78 Å². The number of amides is 2. The fourth-order valence-electron chi connectivity index (χ4n) is 2.76. The van der Waals surface area contributed by atoms with Gasteiger partial charge in [-0.15, -0.1) is 0 Å². The van der Waals surface area contributed by atoms with E-state index >= 15 is 0 Å². The van der Waals surface area contributed by atoms with Gasteiger partial charge in [0.25, 0.3) is 0 Å². The number of hydrogen-bond acceptors (Lipinski definition) is 5. The molecule has 6 nitrogen and oxygen atoms in total. The number of hydrogen-bond donors (Lipinski definition) is 1. The zero-order valence-electron chi connectivity index (χ0n) is 13.6. The number of rotatable bonds is 2. The number of benzene rings is 1. The van der Waals surface area contributed by atoms with Gasteiger partial charge in [0.15, 0.2) is 0 Å². The molecule has 7 heteroatoms. The van der Waals surface area contributed by atoms with Gasteiger partial charge < -0.3 is 9.80 Å². The molecular formula is C16H21N5OS. The molecule has 23 heavy (non-hydrogen) atoms. The van der Waals surface area contributed by atoms with Gasteiger partial charge in [0.2, 0.25) is 5.13 Å². The van der Waals surface area contributed by atoms with Crippen LogP contribution in [-0.2, 0) is 0 Å². The molecule has 0 unspecified atom stereocenters. The maximum Gasteiger partial charge on any atom is 0.324 e. The molecule has 1 N–H and O–H groups in total. The fraction of sp³-hybridized carbons (Fsp3) is 0.438. The molecule has 0 bridgehead atoms. The highest BCUT2D eigenvalue weighted by Gasteiger charge is 2.28. The Balaban J connectivity index is 1.61. The van der Waals surface area contributed by atoms with Crippen molar-refractivity contribution in [1.29, 1.82) is 0 Å². The van der Waals surface area contributed by atoms with Crippen LogP contribution >= 0.6 is 11.5 Å². The quantitative estimate of drug-likeness (QED) is 0.919. The van der Waals surface area contributed by atoms with Crippen LogP contribution in [0.15, 0.2) is 24.3 Å². The van der Waals surface area contributed by atoms with Crippen molar-refractivity contribution in [2.45, 2.75) is 26.8 Å². The molecule has 122 valence electrons. The zero-order valence-corrected chi connectivity index (χ0v) is 14.4. The van der Waals surface area contributed by atoms with Crippen molar-refractivity contribution in [3.8, 4) is 0 Å². The Morgan fingerprint density at radius 2 is 2.00 bits per heavy atom. The molecule has 2 aromatic rings. The first kappa shape index (κ1) is 15.7. The highest BCUT2D eigenvalue weighted by atomic mass is 32.1. The highest BCUT2D eigenvalue weighted by molar-refractivity contribution is 7.09. The Labute approximate surface area is 140 Å². The number of carbonyl (C=O) groups is 1. The predicted molar refractivity (Wildman–Crippen MR) is 93.2 cm³/mol. The molecule has 2 amide bonds. The summed E-state index contributed by atoms with van der Waals surface area (Å²) < 4.78 is 4.08. The van der Waals surface area contributed by atoms with Crippen molar-refractivity contribution in [2.24, 2.45) is 0 Å². The molecule has 0 aliphatic carbocycles. The van der Waals surface area contributed by atoms with Gasteiger partial charge in [0.1, 0.15) is 5.82 Å². The predicted octanol–water partition coefficient (Wildman–Crippen LogP) is 2.90. The first-order valence-electron chi connectivity index (χ1n) is 7.72. The average molecular weight is 331 g/mol. The van der Waals surface area contributed by atoms with Gasteiger partial charge in [0.05, 0.1) is 0 Å². The van der Waals surface area contributed by atoms with Crippen LogP contribution in [0.25, 0.3) is 0 Å². The second-order valence-corrected chi connectivity index (χ2v) is 6.65. The molecule has 2 heterocycles. The fourth-order valence-corrected chi connectivity index (χ4v) is 3.33. The van der Waals surface area contributed by atoms with Gasteiger partial charge in [-0.1, -0.05) is 17.7 Å². The van der Waals surface area contributed by atoms with E-state index in [1.807, 2.05) is 11.8 Å². The van der Waals surface area contributed by atoms with E-state index in [2.05, 4.69) is 57.7 Å². The molecular weight excluding hydrogens is 310 g/mol. The number of aromatic nitrogens is 2. The molecule has 1 aromatic carbocycles. The van der Waals surface area contributed by atoms with Crippen molar-refractivity contribution >= 4 is 28.4 Å². The van der Waals surface area contributed by atoms with Crippen molar-refractivity contribution in [1.82, 2.24) is 14.3 Å². The van der Waals surface area contributed by atoms with Gasteiger partial charge in [-0.3, -0.25) is 5.32 Å². The van der Waals surface area contributed by atoms with Crippen LogP contribution in [-0.4, -0.2) is 46.0 Å². The summed E-state index contributed by atoms with van der Waals surface area (Å²) in [5, 5.41) is 3.39. The zero-order chi connectivity index (χ0) is 16.4. The molecule has 1 aliphatic rings. The maximum atomic E-state index is 12.4.